The van der Waals surface area contributed by atoms with Crippen molar-refractivity contribution < 1.29 is 38.0 Å². The number of nitro benzene ring substituents is 1. The molecule has 3 aliphatic heterocycles. The number of ether oxygens (including phenoxy) is 2. The molecule has 1 aromatic carbocycles. The van der Waals surface area contributed by atoms with E-state index >= 15 is 0 Å². The molecule has 0 bridgehead atoms. The predicted molar refractivity (Wildman–Crippen MR) is 188 cm³/mol. The Kier molecular flexibility index (Phi) is 11.4. The molecule has 0 saturated carbocycles. The van der Waals surface area contributed by atoms with E-state index in [1.54, 1.807) is 19.0 Å². The lowest BCUT2D eigenvalue weighted by molar-refractivity contribution is -0.384. The van der Waals surface area contributed by atoms with E-state index in [0.29, 0.717) is 16.9 Å². The van der Waals surface area contributed by atoms with Gasteiger partial charge in [-0.1, -0.05) is 40.3 Å². The fourth-order valence-corrected chi connectivity index (χ4v) is 9.26. The van der Waals surface area contributed by atoms with Crippen LogP contribution in [0.25, 0.3) is 0 Å². The van der Waals surface area contributed by atoms with Crippen LogP contribution in [0, 0.1) is 22.0 Å². The molecule has 49 heavy (non-hydrogen) atoms. The highest BCUT2D eigenvalue weighted by Crippen LogP contribution is 2.53. The van der Waals surface area contributed by atoms with Gasteiger partial charge in [-0.2, -0.15) is 0 Å². The number of carbonyl (C=O) groups is 4. The summed E-state index contributed by atoms with van der Waals surface area (Å²) >= 11 is 1.39. The molecule has 3 aliphatic rings. The van der Waals surface area contributed by atoms with Crippen LogP contribution in [0.3, 0.4) is 0 Å². The molecule has 6 atom stereocenters. The highest BCUT2D eigenvalue weighted by molar-refractivity contribution is 8.03. The summed E-state index contributed by atoms with van der Waals surface area (Å²) in [5, 5.41) is 10.6. The zero-order valence-electron chi connectivity index (χ0n) is 29.8. The fourth-order valence-electron chi connectivity index (χ4n) is 6.31. The molecule has 1 aromatic rings. The Morgan fingerprint density at radius 1 is 1.18 bits per heavy atom. The van der Waals surface area contributed by atoms with E-state index in [0.717, 1.165) is 0 Å². The largest absolute Gasteiger partial charge is 0.457 e. The van der Waals surface area contributed by atoms with Gasteiger partial charge in [0.05, 0.1) is 23.0 Å². The lowest BCUT2D eigenvalue weighted by Gasteiger charge is -2.50. The molecule has 3 amide bonds. The number of amides is 3. The van der Waals surface area contributed by atoms with Crippen molar-refractivity contribution >= 4 is 49.6 Å². The number of non-ortho nitro benzene ring substituents is 1. The van der Waals surface area contributed by atoms with Crippen molar-refractivity contribution in [2.45, 2.75) is 89.2 Å². The molecular weight excluding hydrogens is 669 g/mol. The van der Waals surface area contributed by atoms with Gasteiger partial charge in [0, 0.05) is 48.8 Å². The third kappa shape index (κ3) is 7.73. The van der Waals surface area contributed by atoms with Gasteiger partial charge in [-0.25, -0.2) is 9.59 Å². The second-order valence-electron chi connectivity index (χ2n) is 14.6. The summed E-state index contributed by atoms with van der Waals surface area (Å²) in [5.41, 5.74) is 0.673. The molecule has 0 radical (unpaired) electrons. The Hall–Kier alpha value is -3.69. The number of esters is 1. The maximum Gasteiger partial charge on any atom is 0.410 e. The number of likely N-dealkylation sites (tertiary alicyclic amines) is 1. The van der Waals surface area contributed by atoms with E-state index in [4.69, 9.17) is 13.9 Å². The van der Waals surface area contributed by atoms with Crippen molar-refractivity contribution in [2.24, 2.45) is 11.8 Å². The molecule has 0 unspecified atom stereocenters. The molecule has 13 nitrogen and oxygen atoms in total. The van der Waals surface area contributed by atoms with Crippen molar-refractivity contribution in [2.75, 3.05) is 27.2 Å². The molecule has 4 rings (SSSR count). The molecule has 3 heterocycles. The number of benzene rings is 1. The van der Waals surface area contributed by atoms with Crippen LogP contribution in [0.2, 0.25) is 18.1 Å². The summed E-state index contributed by atoms with van der Waals surface area (Å²) in [5.74, 6) is -1.75. The second-order valence-corrected chi connectivity index (χ2v) is 20.6. The van der Waals surface area contributed by atoms with Crippen LogP contribution in [-0.2, 0) is 34.9 Å². The Labute approximate surface area is 293 Å². The molecule has 0 aliphatic carbocycles. The number of hydrogen-bond donors (Lipinski definition) is 0. The van der Waals surface area contributed by atoms with Gasteiger partial charge in [-0.05, 0) is 49.2 Å². The van der Waals surface area contributed by atoms with Crippen LogP contribution in [0.5, 0.6) is 0 Å². The summed E-state index contributed by atoms with van der Waals surface area (Å²) in [4.78, 5) is 69.4. The maximum absolute atomic E-state index is 13.8. The van der Waals surface area contributed by atoms with E-state index in [-0.39, 0.29) is 71.3 Å². The van der Waals surface area contributed by atoms with Crippen LogP contribution in [0.4, 0.5) is 10.5 Å². The first-order chi connectivity index (χ1) is 22.8. The van der Waals surface area contributed by atoms with Gasteiger partial charge in [0.25, 0.3) is 5.69 Å². The SMILES string of the molecule is C=CCOC(=O)C1=C(S[C@H]2C[C@@H](C(=O)N(C)C)N(C(=O)OCc3ccc([N+](=O)[O-])cc3)C2)[C@H](C)[C@@H]2[C@@H]([C@@H](C)O[Si](C)(C)C(C)(C)C)C(=O)N12. The topological polar surface area (TPSA) is 149 Å². The highest BCUT2D eigenvalue weighted by Gasteiger charge is 2.61. The van der Waals surface area contributed by atoms with Crippen LogP contribution < -0.4 is 0 Å². The first-order valence-corrected chi connectivity index (χ1v) is 20.2. The average molecular weight is 717 g/mol. The third-order valence-corrected chi connectivity index (χ3v) is 16.0. The van der Waals surface area contributed by atoms with Crippen molar-refractivity contribution in [3.8, 4) is 0 Å². The minimum absolute atomic E-state index is 0.0209. The smallest absolute Gasteiger partial charge is 0.410 e. The number of hydrogen-bond acceptors (Lipinski definition) is 10. The summed E-state index contributed by atoms with van der Waals surface area (Å²) in [7, 11) is 1.03. The Morgan fingerprint density at radius 3 is 2.37 bits per heavy atom. The van der Waals surface area contributed by atoms with E-state index in [1.165, 1.54) is 51.9 Å². The van der Waals surface area contributed by atoms with Gasteiger partial charge in [-0.15, -0.1) is 11.8 Å². The molecule has 0 N–H and O–H groups in total. The van der Waals surface area contributed by atoms with E-state index in [1.807, 2.05) is 13.8 Å². The first-order valence-electron chi connectivity index (χ1n) is 16.4. The van der Waals surface area contributed by atoms with E-state index < -0.39 is 37.3 Å². The van der Waals surface area contributed by atoms with Gasteiger partial charge >= 0.3 is 12.1 Å². The molecule has 2 saturated heterocycles. The summed E-state index contributed by atoms with van der Waals surface area (Å²) < 4.78 is 17.7. The molecule has 0 spiro atoms. The van der Waals surface area contributed by atoms with Crippen LogP contribution in [-0.4, -0.2) is 103 Å². The highest BCUT2D eigenvalue weighted by atomic mass is 32.2. The van der Waals surface area contributed by atoms with Gasteiger partial charge in [0.2, 0.25) is 11.8 Å². The third-order valence-electron chi connectivity index (χ3n) is 9.93. The van der Waals surface area contributed by atoms with Crippen LogP contribution in [0.1, 0.15) is 46.6 Å². The number of thioether (sulfide) groups is 1. The lowest BCUT2D eigenvalue weighted by Crippen LogP contribution is -2.65. The van der Waals surface area contributed by atoms with Crippen LogP contribution >= 0.6 is 11.8 Å². The molecule has 15 heteroatoms. The van der Waals surface area contributed by atoms with E-state index in [9.17, 15) is 29.3 Å². The average Bonchev–Trinajstić information content (AvgIpc) is 3.54. The summed E-state index contributed by atoms with van der Waals surface area (Å²) in [6.07, 6.45) is 0.704. The zero-order chi connectivity index (χ0) is 36.6. The second kappa shape index (κ2) is 14.7. The van der Waals surface area contributed by atoms with Gasteiger partial charge in [-0.3, -0.25) is 24.6 Å². The summed E-state index contributed by atoms with van der Waals surface area (Å²) in [6.45, 7) is 18.3. The van der Waals surface area contributed by atoms with Crippen molar-refractivity contribution in [3.05, 3.63) is 63.2 Å². The minimum Gasteiger partial charge on any atom is -0.457 e. The number of nitrogens with zero attached hydrogens (tertiary/aromatic N) is 4. The monoisotopic (exact) mass is 716 g/mol. The van der Waals surface area contributed by atoms with Crippen LogP contribution in [0.15, 0.2) is 47.5 Å². The minimum atomic E-state index is -2.20. The van der Waals surface area contributed by atoms with E-state index in [2.05, 4.69) is 40.4 Å². The number of likely N-dealkylation sites (N-methyl/N-ethyl adjacent to an activating group) is 1. The quantitative estimate of drug-likeness (QED) is 0.0695. The summed E-state index contributed by atoms with van der Waals surface area (Å²) in [6, 6.07) is 4.56. The normalized spacial score (nSPS) is 24.3. The fraction of sp³-hybridized carbons (Fsp3) is 0.588. The maximum atomic E-state index is 13.8. The van der Waals surface area contributed by atoms with Crippen molar-refractivity contribution in [1.82, 2.24) is 14.7 Å². The number of fused-ring (bicyclic) bond motifs is 1. The van der Waals surface area contributed by atoms with Gasteiger partial charge in [0.15, 0.2) is 8.32 Å². The number of β-lactam (4-membered cyclic amide) rings is 1. The Balaban J connectivity index is 1.56. The molecule has 2 fully saturated rings. The first kappa shape index (κ1) is 38.1. The Bertz CT molecular complexity index is 1520. The Morgan fingerprint density at radius 2 is 1.82 bits per heavy atom. The number of rotatable bonds is 12. The molecule has 268 valence electrons. The standard InChI is InChI=1S/C34H48N4O9SSi/c1-11-16-45-32(41)28-29(20(2)27-26(31(40)37(27)28)21(3)47-49(9,10)34(4,5)6)48-24-17-25(30(39)35(7)8)36(18-24)33(42)46-19-22-12-14-23(15-13-22)38(43)44/h11-15,20-21,24-27H,1,16-19H2,2-10H3/t20-,21-,24+,25+,26-,27-/m1/s1. The van der Waals surface area contributed by atoms with Gasteiger partial charge in [0.1, 0.15) is 25.0 Å². The van der Waals surface area contributed by atoms with Gasteiger partial charge < -0.3 is 23.7 Å². The van der Waals surface area contributed by atoms with Crippen molar-refractivity contribution in [1.29, 1.82) is 0 Å². The zero-order valence-corrected chi connectivity index (χ0v) is 31.6. The predicted octanol–water partition coefficient (Wildman–Crippen LogP) is 5.32. The lowest BCUT2D eigenvalue weighted by atomic mass is 9.79. The number of nitro groups is 1. The molecule has 0 aromatic heterocycles. The number of carbonyl (C=O) groups excluding carboxylic acids is 4. The van der Waals surface area contributed by atoms with Crippen molar-refractivity contribution in [3.63, 3.8) is 0 Å². The molecular formula is C34H48N4O9SSi.